The van der Waals surface area contributed by atoms with Gasteiger partial charge in [0.15, 0.2) is 5.82 Å². The molecule has 1 amide bonds. The van der Waals surface area contributed by atoms with E-state index < -0.39 is 6.10 Å². The summed E-state index contributed by atoms with van der Waals surface area (Å²) in [6, 6.07) is 5.65. The summed E-state index contributed by atoms with van der Waals surface area (Å²) >= 11 is 0. The van der Waals surface area contributed by atoms with E-state index in [1.165, 1.54) is 6.20 Å². The largest absolute Gasteiger partial charge is 0.404 e. The van der Waals surface area contributed by atoms with Gasteiger partial charge in [0, 0.05) is 31.7 Å². The Morgan fingerprint density at radius 1 is 1.30 bits per heavy atom. The van der Waals surface area contributed by atoms with Gasteiger partial charge in [0.1, 0.15) is 0 Å². The maximum absolute atomic E-state index is 13.0. The van der Waals surface area contributed by atoms with Gasteiger partial charge in [0.05, 0.1) is 36.3 Å². The number of morpholine rings is 1. The highest BCUT2D eigenvalue weighted by Gasteiger charge is 2.39. The molecule has 0 radical (unpaired) electrons. The molecule has 2 aromatic rings. The molecule has 0 bridgehead atoms. The second-order valence-corrected chi connectivity index (χ2v) is 8.34. The predicted molar refractivity (Wildman–Crippen MR) is 115 cm³/mol. The van der Waals surface area contributed by atoms with E-state index in [2.05, 4.69) is 20.2 Å². The van der Waals surface area contributed by atoms with Gasteiger partial charge in [-0.25, -0.2) is 9.97 Å². The van der Waals surface area contributed by atoms with Crippen LogP contribution in [0.3, 0.4) is 0 Å². The van der Waals surface area contributed by atoms with Crippen LogP contribution in [-0.2, 0) is 16.0 Å². The molecule has 1 saturated heterocycles. The molecule has 0 spiro atoms. The number of aromatic nitrogens is 2. The van der Waals surface area contributed by atoms with E-state index in [0.29, 0.717) is 32.0 Å². The number of nitrogens with zero attached hydrogens (tertiary/aromatic N) is 3. The maximum Gasteiger partial charge on any atom is 0.261 e. The lowest BCUT2D eigenvalue weighted by Gasteiger charge is -2.31. The van der Waals surface area contributed by atoms with Gasteiger partial charge in [0.2, 0.25) is 0 Å². The van der Waals surface area contributed by atoms with Gasteiger partial charge < -0.3 is 25.8 Å². The Morgan fingerprint density at radius 2 is 2.00 bits per heavy atom. The van der Waals surface area contributed by atoms with Crippen molar-refractivity contribution in [2.75, 3.05) is 36.5 Å². The van der Waals surface area contributed by atoms with E-state index in [-0.39, 0.29) is 22.7 Å². The van der Waals surface area contributed by atoms with E-state index >= 15 is 0 Å². The van der Waals surface area contributed by atoms with Crippen molar-refractivity contribution >= 4 is 22.9 Å². The highest BCUT2D eigenvalue weighted by molar-refractivity contribution is 6.24. The van der Waals surface area contributed by atoms with Gasteiger partial charge in [-0.05, 0) is 41.2 Å². The molecule has 1 atom stereocenters. The Kier molecular flexibility index (Phi) is 5.44. The molecule has 1 fully saturated rings. The number of aliphatic hydroxyl groups excluding tert-OH is 1. The van der Waals surface area contributed by atoms with E-state index in [9.17, 15) is 9.90 Å². The lowest BCUT2D eigenvalue weighted by molar-refractivity contribution is -0.111. The van der Waals surface area contributed by atoms with Crippen molar-refractivity contribution in [2.24, 2.45) is 11.1 Å². The van der Waals surface area contributed by atoms with Gasteiger partial charge in [-0.1, -0.05) is 13.8 Å². The van der Waals surface area contributed by atoms with Crippen LogP contribution in [0.2, 0.25) is 0 Å². The highest BCUT2D eigenvalue weighted by atomic mass is 16.5. The van der Waals surface area contributed by atoms with E-state index in [1.807, 2.05) is 26.0 Å². The number of anilines is 2. The maximum atomic E-state index is 13.0. The Morgan fingerprint density at radius 3 is 2.67 bits per heavy atom. The normalized spacial score (nSPS) is 20.7. The second-order valence-electron chi connectivity index (χ2n) is 8.34. The van der Waals surface area contributed by atoms with Gasteiger partial charge in [-0.3, -0.25) is 4.79 Å². The number of carbonyl (C=O) groups excluding carboxylic acids is 1. The number of carbonyl (C=O) groups is 1. The average Bonchev–Trinajstić information content (AvgIpc) is 2.97. The van der Waals surface area contributed by atoms with Crippen molar-refractivity contribution < 1.29 is 14.6 Å². The third-order valence-electron chi connectivity index (χ3n) is 5.76. The Labute approximate surface area is 175 Å². The first-order valence-electron chi connectivity index (χ1n) is 10.1. The molecule has 1 aliphatic carbocycles. The van der Waals surface area contributed by atoms with Crippen molar-refractivity contribution in [2.45, 2.75) is 26.4 Å². The molecule has 8 heteroatoms. The summed E-state index contributed by atoms with van der Waals surface area (Å²) in [4.78, 5) is 23.5. The number of benzene rings is 1. The van der Waals surface area contributed by atoms with Crippen LogP contribution in [0.25, 0.3) is 5.57 Å². The molecule has 8 nitrogen and oxygen atoms in total. The van der Waals surface area contributed by atoms with Gasteiger partial charge in [-0.15, -0.1) is 0 Å². The minimum Gasteiger partial charge on any atom is -0.404 e. The lowest BCUT2D eigenvalue weighted by atomic mass is 9.87. The van der Waals surface area contributed by atoms with E-state index in [1.54, 1.807) is 18.5 Å². The van der Waals surface area contributed by atoms with Crippen LogP contribution in [0, 0.1) is 5.41 Å². The summed E-state index contributed by atoms with van der Waals surface area (Å²) in [6.07, 6.45) is 4.54. The first-order chi connectivity index (χ1) is 14.4. The molecule has 0 unspecified atom stereocenters. The molecular formula is C22H27N5O3. The second kappa shape index (κ2) is 8.04. The SMILES string of the molecule is CC1(C)Cc2cc(NC(=O)C(=CN)c3ncccn3)c(N3CCOCC3)cc2[C@H]1O. The van der Waals surface area contributed by atoms with Crippen LogP contribution in [0.15, 0.2) is 36.8 Å². The van der Waals surface area contributed by atoms with Gasteiger partial charge >= 0.3 is 0 Å². The quantitative estimate of drug-likeness (QED) is 0.661. The first-order valence-corrected chi connectivity index (χ1v) is 10.1. The summed E-state index contributed by atoms with van der Waals surface area (Å²) < 4.78 is 5.48. The first kappa shape index (κ1) is 20.3. The molecule has 1 aromatic carbocycles. The molecule has 2 heterocycles. The van der Waals surface area contributed by atoms with Crippen molar-refractivity contribution in [3.63, 3.8) is 0 Å². The Balaban J connectivity index is 1.70. The van der Waals surface area contributed by atoms with Crippen molar-refractivity contribution in [3.8, 4) is 0 Å². The number of amides is 1. The molecule has 158 valence electrons. The summed E-state index contributed by atoms with van der Waals surface area (Å²) in [5.74, 6) is -0.112. The number of nitrogens with one attached hydrogen (secondary N) is 1. The lowest BCUT2D eigenvalue weighted by Crippen LogP contribution is -2.37. The average molecular weight is 409 g/mol. The van der Waals surface area contributed by atoms with Crippen molar-refractivity contribution in [3.05, 3.63) is 53.7 Å². The topological polar surface area (TPSA) is 114 Å². The van der Waals surface area contributed by atoms with Crippen LogP contribution in [0.4, 0.5) is 11.4 Å². The third-order valence-corrected chi connectivity index (χ3v) is 5.76. The van der Waals surface area contributed by atoms with Crippen molar-refractivity contribution in [1.82, 2.24) is 9.97 Å². The zero-order chi connectivity index (χ0) is 21.3. The smallest absolute Gasteiger partial charge is 0.261 e. The standard InChI is InChI=1S/C22H27N5O3/c1-22(2)12-14-10-17(26-21(29)16(13-23)20-24-4-3-5-25-20)18(11-15(14)19(22)28)27-6-8-30-9-7-27/h3-5,10-11,13,19,28H,6-9,12,23H2,1-2H3,(H,26,29)/t19-/m1/s1. The molecule has 30 heavy (non-hydrogen) atoms. The summed E-state index contributed by atoms with van der Waals surface area (Å²) in [5, 5.41) is 13.8. The number of rotatable bonds is 4. The monoisotopic (exact) mass is 409 g/mol. The van der Waals surface area contributed by atoms with E-state index in [4.69, 9.17) is 10.5 Å². The third kappa shape index (κ3) is 3.76. The number of nitrogens with two attached hydrogens (primary N) is 1. The fourth-order valence-corrected chi connectivity index (χ4v) is 4.11. The highest BCUT2D eigenvalue weighted by Crippen LogP contribution is 2.48. The summed E-state index contributed by atoms with van der Waals surface area (Å²) in [6.45, 7) is 6.75. The molecule has 2 aliphatic rings. The molecule has 4 N–H and O–H groups in total. The number of aliphatic hydroxyl groups is 1. The van der Waals surface area contributed by atoms with Crippen molar-refractivity contribution in [1.29, 1.82) is 0 Å². The molecule has 1 aromatic heterocycles. The molecule has 0 saturated carbocycles. The molecule has 1 aliphatic heterocycles. The predicted octanol–water partition coefficient (Wildman–Crippen LogP) is 1.87. The van der Waals surface area contributed by atoms with Gasteiger partial charge in [0.25, 0.3) is 5.91 Å². The minimum absolute atomic E-state index is 0.199. The van der Waals surface area contributed by atoms with Crippen LogP contribution in [-0.4, -0.2) is 47.3 Å². The zero-order valence-corrected chi connectivity index (χ0v) is 17.3. The van der Waals surface area contributed by atoms with Crippen LogP contribution in [0.1, 0.15) is 36.9 Å². The minimum atomic E-state index is -0.547. The van der Waals surface area contributed by atoms with E-state index in [0.717, 1.165) is 23.2 Å². The van der Waals surface area contributed by atoms with Crippen LogP contribution in [0.5, 0.6) is 0 Å². The Bertz CT molecular complexity index is 968. The number of hydrogen-bond acceptors (Lipinski definition) is 7. The molecule has 4 rings (SSSR count). The van der Waals surface area contributed by atoms with Crippen LogP contribution < -0.4 is 16.0 Å². The summed E-state index contributed by atoms with van der Waals surface area (Å²) in [5.41, 5.74) is 9.17. The zero-order valence-electron chi connectivity index (χ0n) is 17.3. The number of ether oxygens (including phenoxy) is 1. The fraction of sp³-hybridized carbons (Fsp3) is 0.409. The number of fused-ring (bicyclic) bond motifs is 1. The molecular weight excluding hydrogens is 382 g/mol. The number of hydrogen-bond donors (Lipinski definition) is 3. The van der Waals surface area contributed by atoms with Crippen LogP contribution >= 0.6 is 0 Å². The fourth-order valence-electron chi connectivity index (χ4n) is 4.11. The Hall–Kier alpha value is -2.97. The summed E-state index contributed by atoms with van der Waals surface area (Å²) in [7, 11) is 0. The van der Waals surface area contributed by atoms with Gasteiger partial charge in [-0.2, -0.15) is 0 Å².